The normalized spacial score (nSPS) is 16.5. The molecule has 36 heavy (non-hydrogen) atoms. The lowest BCUT2D eigenvalue weighted by atomic mass is 10.3. The number of rotatable bonds is 22. The zero-order chi connectivity index (χ0) is 26.9. The third kappa shape index (κ3) is 13.8. The molecule has 0 atom stereocenters. The third-order valence-corrected chi connectivity index (χ3v) is 14.4. The van der Waals surface area contributed by atoms with E-state index in [0.29, 0.717) is 0 Å². The molecule has 0 aromatic rings. The van der Waals surface area contributed by atoms with Crippen LogP contribution in [0, 0.1) is 0 Å². The standard InChI is InChI=1S/C26H60N4O4Si2/c1-9-31-35(32-10-2,22-14-16-27(5)6)24-20-29-18-13-19-30(26-29)21-25-36(33-11-3,34-12-4)23-15-17-28(7)8/h9-26H2,1-8H3. The summed E-state index contributed by atoms with van der Waals surface area (Å²) in [6, 6.07) is 4.26. The molecule has 1 aliphatic heterocycles. The molecule has 216 valence electrons. The maximum Gasteiger partial charge on any atom is 0.339 e. The average Bonchev–Trinajstić information content (AvgIpc) is 2.82. The summed E-state index contributed by atoms with van der Waals surface area (Å²) < 4.78 is 25.6. The summed E-state index contributed by atoms with van der Waals surface area (Å²) in [4.78, 5) is 9.75. The van der Waals surface area contributed by atoms with Gasteiger partial charge >= 0.3 is 17.1 Å². The summed E-state index contributed by atoms with van der Waals surface area (Å²) >= 11 is 0. The van der Waals surface area contributed by atoms with Gasteiger partial charge in [-0.15, -0.1) is 0 Å². The van der Waals surface area contributed by atoms with Gasteiger partial charge in [-0.3, -0.25) is 9.80 Å². The van der Waals surface area contributed by atoms with Crippen LogP contribution in [0.3, 0.4) is 0 Å². The Labute approximate surface area is 226 Å². The summed E-state index contributed by atoms with van der Waals surface area (Å²) in [6.45, 7) is 19.1. The number of hydrogen-bond acceptors (Lipinski definition) is 8. The Morgan fingerprint density at radius 2 is 0.944 bits per heavy atom. The van der Waals surface area contributed by atoms with Crippen molar-refractivity contribution in [3.05, 3.63) is 0 Å². The minimum Gasteiger partial charge on any atom is -0.394 e. The second-order valence-corrected chi connectivity index (χ2v) is 17.4. The maximum absolute atomic E-state index is 6.40. The lowest BCUT2D eigenvalue weighted by Gasteiger charge is -2.39. The second-order valence-electron chi connectivity index (χ2n) is 10.6. The first-order valence-electron chi connectivity index (χ1n) is 14.5. The van der Waals surface area contributed by atoms with Crippen molar-refractivity contribution in [3.8, 4) is 0 Å². The molecule has 0 spiro atoms. The molecule has 1 rings (SSSR count). The van der Waals surface area contributed by atoms with E-state index >= 15 is 0 Å². The fourth-order valence-electron chi connectivity index (χ4n) is 5.26. The van der Waals surface area contributed by atoms with E-state index < -0.39 is 17.1 Å². The molecule has 0 unspecified atom stereocenters. The Morgan fingerprint density at radius 3 is 1.25 bits per heavy atom. The van der Waals surface area contributed by atoms with Gasteiger partial charge in [0.25, 0.3) is 0 Å². The van der Waals surface area contributed by atoms with Crippen molar-refractivity contribution in [2.75, 3.05) is 101 Å². The number of nitrogens with zero attached hydrogens (tertiary/aromatic N) is 4. The summed E-state index contributed by atoms with van der Waals surface area (Å²) in [7, 11) is 4.20. The molecule has 0 bridgehead atoms. The second kappa shape index (κ2) is 19.2. The van der Waals surface area contributed by atoms with Crippen LogP contribution in [0.2, 0.25) is 24.2 Å². The Hall–Kier alpha value is 0.114. The van der Waals surface area contributed by atoms with E-state index in [4.69, 9.17) is 17.7 Å². The maximum atomic E-state index is 6.40. The Balaban J connectivity index is 2.70. The molecule has 10 heteroatoms. The van der Waals surface area contributed by atoms with Crippen LogP contribution in [0.5, 0.6) is 0 Å². The van der Waals surface area contributed by atoms with Crippen LogP contribution in [0.1, 0.15) is 47.0 Å². The fraction of sp³-hybridized carbons (Fsp3) is 1.00. The van der Waals surface area contributed by atoms with Crippen LogP contribution in [0.25, 0.3) is 0 Å². The van der Waals surface area contributed by atoms with Crippen LogP contribution >= 0.6 is 0 Å². The molecule has 1 fully saturated rings. The highest BCUT2D eigenvalue weighted by molar-refractivity contribution is 6.67. The van der Waals surface area contributed by atoms with Gasteiger partial charge < -0.3 is 27.5 Å². The van der Waals surface area contributed by atoms with Gasteiger partial charge in [0, 0.05) is 64.7 Å². The molecule has 1 aliphatic rings. The predicted octanol–water partition coefficient (Wildman–Crippen LogP) is 3.89. The largest absolute Gasteiger partial charge is 0.394 e. The fourth-order valence-corrected chi connectivity index (χ4v) is 11.9. The van der Waals surface area contributed by atoms with E-state index in [9.17, 15) is 0 Å². The average molecular weight is 549 g/mol. The first-order chi connectivity index (χ1) is 17.2. The third-order valence-electron chi connectivity index (χ3n) is 6.92. The predicted molar refractivity (Wildman–Crippen MR) is 156 cm³/mol. The molecule has 0 aromatic carbocycles. The molecule has 1 heterocycles. The molecular weight excluding hydrogens is 488 g/mol. The monoisotopic (exact) mass is 548 g/mol. The van der Waals surface area contributed by atoms with Gasteiger partial charge in [-0.2, -0.15) is 0 Å². The van der Waals surface area contributed by atoms with Crippen LogP contribution in [-0.2, 0) is 17.7 Å². The first kappa shape index (κ1) is 34.1. The van der Waals surface area contributed by atoms with Crippen molar-refractivity contribution in [1.82, 2.24) is 19.6 Å². The highest BCUT2D eigenvalue weighted by atomic mass is 28.4. The van der Waals surface area contributed by atoms with Gasteiger partial charge in [0.1, 0.15) is 0 Å². The van der Waals surface area contributed by atoms with Gasteiger partial charge in [0.15, 0.2) is 0 Å². The molecule has 0 aliphatic carbocycles. The number of hydrogen-bond donors (Lipinski definition) is 0. The molecule has 0 saturated carbocycles. The van der Waals surface area contributed by atoms with E-state index in [1.165, 1.54) is 19.5 Å². The van der Waals surface area contributed by atoms with Crippen molar-refractivity contribution in [1.29, 1.82) is 0 Å². The minimum absolute atomic E-state index is 0.746. The van der Waals surface area contributed by atoms with Crippen LogP contribution in [0.4, 0.5) is 0 Å². The molecule has 8 nitrogen and oxygen atoms in total. The highest BCUT2D eigenvalue weighted by Gasteiger charge is 2.39. The first-order valence-corrected chi connectivity index (χ1v) is 19.0. The lowest BCUT2D eigenvalue weighted by Crippen LogP contribution is -2.51. The Bertz CT molecular complexity index is 490. The van der Waals surface area contributed by atoms with E-state index in [-0.39, 0.29) is 0 Å². The van der Waals surface area contributed by atoms with Gasteiger partial charge in [-0.1, -0.05) is 0 Å². The van der Waals surface area contributed by atoms with Crippen molar-refractivity contribution < 1.29 is 17.7 Å². The quantitative estimate of drug-likeness (QED) is 0.189. The Kier molecular flexibility index (Phi) is 18.2. The van der Waals surface area contributed by atoms with Gasteiger partial charge in [-0.05, 0) is 100 Å². The lowest BCUT2D eigenvalue weighted by molar-refractivity contribution is 0.0857. The molecule has 0 radical (unpaired) electrons. The van der Waals surface area contributed by atoms with E-state index in [1.54, 1.807) is 0 Å². The molecule has 1 saturated heterocycles. The summed E-state index contributed by atoms with van der Waals surface area (Å²) in [5, 5.41) is 0. The molecule has 0 amide bonds. The molecule has 0 N–H and O–H groups in total. The van der Waals surface area contributed by atoms with Crippen LogP contribution < -0.4 is 0 Å². The van der Waals surface area contributed by atoms with Gasteiger partial charge in [-0.25, -0.2) is 0 Å². The SMILES string of the molecule is CCO[Si](CCCN(C)C)(CCN1CCCN(CC[Si](CCCN(C)C)(OCC)OCC)C1)OCC. The van der Waals surface area contributed by atoms with E-state index in [1.807, 2.05) is 0 Å². The summed E-state index contributed by atoms with van der Waals surface area (Å²) in [5.41, 5.74) is 0. The minimum atomic E-state index is -2.19. The van der Waals surface area contributed by atoms with Crippen molar-refractivity contribution in [2.24, 2.45) is 0 Å². The van der Waals surface area contributed by atoms with Crippen molar-refractivity contribution in [2.45, 2.75) is 71.1 Å². The zero-order valence-corrected chi connectivity index (χ0v) is 27.1. The van der Waals surface area contributed by atoms with Crippen molar-refractivity contribution in [3.63, 3.8) is 0 Å². The van der Waals surface area contributed by atoms with Crippen molar-refractivity contribution >= 4 is 17.1 Å². The van der Waals surface area contributed by atoms with E-state index in [0.717, 1.165) is 96.3 Å². The Morgan fingerprint density at radius 1 is 0.583 bits per heavy atom. The van der Waals surface area contributed by atoms with Crippen LogP contribution in [-0.4, -0.2) is 137 Å². The zero-order valence-electron chi connectivity index (χ0n) is 25.1. The summed E-state index contributed by atoms with van der Waals surface area (Å²) in [5.74, 6) is 0. The smallest absolute Gasteiger partial charge is 0.339 e. The molecule has 0 aromatic heterocycles. The highest BCUT2D eigenvalue weighted by Crippen LogP contribution is 2.25. The topological polar surface area (TPSA) is 49.9 Å². The van der Waals surface area contributed by atoms with Gasteiger partial charge in [0.05, 0.1) is 6.67 Å². The summed E-state index contributed by atoms with van der Waals surface area (Å²) in [6.07, 6.45) is 3.50. The van der Waals surface area contributed by atoms with Gasteiger partial charge in [0.2, 0.25) is 0 Å². The van der Waals surface area contributed by atoms with E-state index in [2.05, 4.69) is 75.5 Å². The van der Waals surface area contributed by atoms with Crippen LogP contribution in [0.15, 0.2) is 0 Å². The molecular formula is C26H60N4O4Si2.